The van der Waals surface area contributed by atoms with Gasteiger partial charge in [0, 0.05) is 5.56 Å². The maximum absolute atomic E-state index is 11.9. The lowest BCUT2D eigenvalue weighted by Gasteiger charge is -2.12. The lowest BCUT2D eigenvalue weighted by Crippen LogP contribution is -1.99. The van der Waals surface area contributed by atoms with Crippen molar-refractivity contribution in [3.05, 3.63) is 29.8 Å². The average Bonchev–Trinajstić information content (AvgIpc) is 2.88. The third-order valence-electron chi connectivity index (χ3n) is 6.33. The molecule has 0 aliphatic rings. The van der Waals surface area contributed by atoms with Crippen LogP contribution >= 0.6 is 7.82 Å². The van der Waals surface area contributed by atoms with Crippen molar-refractivity contribution < 1.29 is 28.0 Å². The number of ether oxygens (including phenoxy) is 1. The normalized spacial score (nSPS) is 12.9. The molecule has 0 amide bonds. The smallest absolute Gasteiger partial charge is 0.472 e. The third kappa shape index (κ3) is 19.9. The van der Waals surface area contributed by atoms with Gasteiger partial charge in [-0.2, -0.15) is 0 Å². The second-order valence-corrected chi connectivity index (χ2v) is 11.1. The molecule has 0 radical (unpaired) electrons. The van der Waals surface area contributed by atoms with Gasteiger partial charge in [-0.15, -0.1) is 0 Å². The number of aldehydes is 1. The molecule has 7 heteroatoms. The molecular formula is C29H51O6P. The van der Waals surface area contributed by atoms with Crippen molar-refractivity contribution in [2.45, 2.75) is 122 Å². The molecule has 6 nitrogen and oxygen atoms in total. The molecule has 1 aromatic rings. The largest absolute Gasteiger partial charge is 0.494 e. The van der Waals surface area contributed by atoms with Gasteiger partial charge >= 0.3 is 7.82 Å². The molecule has 0 aliphatic heterocycles. The molecule has 0 bridgehead atoms. The summed E-state index contributed by atoms with van der Waals surface area (Å²) in [4.78, 5) is 20.4. The first-order valence-electron chi connectivity index (χ1n) is 14.4. The molecule has 1 atom stereocenters. The van der Waals surface area contributed by atoms with Crippen molar-refractivity contribution in [1.29, 1.82) is 0 Å². The van der Waals surface area contributed by atoms with Crippen molar-refractivity contribution in [3.8, 4) is 5.75 Å². The van der Waals surface area contributed by atoms with Crippen molar-refractivity contribution in [2.24, 2.45) is 0 Å². The first-order chi connectivity index (χ1) is 17.6. The topological polar surface area (TPSA) is 82.1 Å². The van der Waals surface area contributed by atoms with E-state index in [2.05, 4.69) is 6.92 Å². The Balaban J connectivity index is 1.82. The van der Waals surface area contributed by atoms with E-state index in [1.165, 1.54) is 70.6 Å². The van der Waals surface area contributed by atoms with Crippen LogP contribution in [0.4, 0.5) is 0 Å². The fourth-order valence-corrected chi connectivity index (χ4v) is 4.88. The van der Waals surface area contributed by atoms with Gasteiger partial charge in [-0.1, -0.05) is 103 Å². The van der Waals surface area contributed by atoms with Crippen molar-refractivity contribution in [3.63, 3.8) is 0 Å². The summed E-state index contributed by atoms with van der Waals surface area (Å²) in [6, 6.07) is 7.18. The number of hydrogen-bond donors (Lipinski definition) is 1. The van der Waals surface area contributed by atoms with Crippen LogP contribution in [0.15, 0.2) is 24.3 Å². The van der Waals surface area contributed by atoms with E-state index in [0.29, 0.717) is 18.8 Å². The monoisotopic (exact) mass is 526 g/mol. The summed E-state index contributed by atoms with van der Waals surface area (Å²) < 4.78 is 27.8. The maximum Gasteiger partial charge on any atom is 0.472 e. The summed E-state index contributed by atoms with van der Waals surface area (Å²) in [5.41, 5.74) is 0.659. The Hall–Kier alpha value is -1.20. The molecule has 1 unspecified atom stereocenters. The molecule has 0 saturated carbocycles. The quantitative estimate of drug-likeness (QED) is 0.0736. The predicted octanol–water partition coefficient (Wildman–Crippen LogP) is 9.05. The van der Waals surface area contributed by atoms with Gasteiger partial charge in [-0.25, -0.2) is 4.57 Å². The SMILES string of the molecule is CCCCCCCCCCCCOP(=O)(O)OCCCCCCCCCCOc1ccc(C=O)cc1. The van der Waals surface area contributed by atoms with Gasteiger partial charge in [-0.3, -0.25) is 13.8 Å². The average molecular weight is 527 g/mol. The molecule has 208 valence electrons. The van der Waals surface area contributed by atoms with Gasteiger partial charge in [0.15, 0.2) is 0 Å². The van der Waals surface area contributed by atoms with E-state index in [0.717, 1.165) is 57.0 Å². The molecule has 0 heterocycles. The first kappa shape index (κ1) is 32.8. The zero-order chi connectivity index (χ0) is 26.2. The van der Waals surface area contributed by atoms with Crippen molar-refractivity contribution in [1.82, 2.24) is 0 Å². The van der Waals surface area contributed by atoms with E-state index >= 15 is 0 Å². The summed E-state index contributed by atoms with van der Waals surface area (Å²) in [5, 5.41) is 0. The lowest BCUT2D eigenvalue weighted by atomic mass is 10.1. The van der Waals surface area contributed by atoms with Crippen LogP contribution in [-0.2, 0) is 13.6 Å². The van der Waals surface area contributed by atoms with Gasteiger partial charge in [0.25, 0.3) is 0 Å². The summed E-state index contributed by atoms with van der Waals surface area (Å²) in [7, 11) is -3.90. The number of carbonyl (C=O) groups excluding carboxylic acids is 1. The summed E-state index contributed by atoms with van der Waals surface area (Å²) in [5.74, 6) is 0.805. The number of benzene rings is 1. The Labute approximate surface area is 220 Å². The summed E-state index contributed by atoms with van der Waals surface area (Å²) in [6.07, 6.45) is 21.6. The number of hydrogen-bond acceptors (Lipinski definition) is 5. The minimum absolute atomic E-state index is 0.275. The zero-order valence-corrected chi connectivity index (χ0v) is 23.6. The molecule has 1 N–H and O–H groups in total. The van der Waals surface area contributed by atoms with Gasteiger partial charge in [0.1, 0.15) is 12.0 Å². The Morgan fingerprint density at radius 2 is 1.03 bits per heavy atom. The van der Waals surface area contributed by atoms with Crippen LogP contribution in [0.3, 0.4) is 0 Å². The number of carbonyl (C=O) groups is 1. The van der Waals surface area contributed by atoms with Gasteiger partial charge in [0.05, 0.1) is 19.8 Å². The van der Waals surface area contributed by atoms with Gasteiger partial charge < -0.3 is 9.63 Å². The molecule has 0 saturated heterocycles. The number of unbranched alkanes of at least 4 members (excludes halogenated alkanes) is 16. The number of phosphoric acid groups is 1. The molecule has 0 spiro atoms. The van der Waals surface area contributed by atoms with E-state index in [9.17, 15) is 14.3 Å². The van der Waals surface area contributed by atoms with Crippen LogP contribution in [0.2, 0.25) is 0 Å². The van der Waals surface area contributed by atoms with Crippen LogP contribution in [0.1, 0.15) is 133 Å². The van der Waals surface area contributed by atoms with Gasteiger partial charge in [0.2, 0.25) is 0 Å². The van der Waals surface area contributed by atoms with Gasteiger partial charge in [-0.05, 0) is 43.5 Å². The van der Waals surface area contributed by atoms with Crippen molar-refractivity contribution >= 4 is 14.1 Å². The number of rotatable bonds is 26. The summed E-state index contributed by atoms with van der Waals surface area (Å²) in [6.45, 7) is 3.50. The fraction of sp³-hybridized carbons (Fsp3) is 0.759. The Bertz CT molecular complexity index is 679. The highest BCUT2D eigenvalue weighted by Crippen LogP contribution is 2.43. The number of phosphoric ester groups is 1. The lowest BCUT2D eigenvalue weighted by molar-refractivity contribution is 0.112. The molecular weight excluding hydrogens is 475 g/mol. The van der Waals surface area contributed by atoms with E-state index < -0.39 is 7.82 Å². The minimum Gasteiger partial charge on any atom is -0.494 e. The van der Waals surface area contributed by atoms with E-state index in [1.807, 2.05) is 12.1 Å². The molecule has 0 fully saturated rings. The highest BCUT2D eigenvalue weighted by Gasteiger charge is 2.19. The molecule has 1 rings (SSSR count). The van der Waals surface area contributed by atoms with Crippen LogP contribution in [0.5, 0.6) is 5.75 Å². The highest BCUT2D eigenvalue weighted by atomic mass is 31.2. The molecule has 36 heavy (non-hydrogen) atoms. The van der Waals surface area contributed by atoms with Crippen LogP contribution < -0.4 is 4.74 Å². The van der Waals surface area contributed by atoms with Crippen LogP contribution in [0.25, 0.3) is 0 Å². The molecule has 0 aromatic heterocycles. The summed E-state index contributed by atoms with van der Waals surface area (Å²) >= 11 is 0. The third-order valence-corrected chi connectivity index (χ3v) is 7.35. The standard InChI is InChI=1S/C29H51O6P/c1-2-3-4-5-6-7-8-12-15-18-25-34-36(31,32)35-26-19-16-13-10-9-11-14-17-24-33-29-22-20-28(27-30)21-23-29/h20-23,27H,2-19,24-26H2,1H3,(H,31,32). The zero-order valence-electron chi connectivity index (χ0n) is 22.7. The molecule has 1 aromatic carbocycles. The minimum atomic E-state index is -3.90. The predicted molar refractivity (Wildman–Crippen MR) is 148 cm³/mol. The van der Waals surface area contributed by atoms with E-state index in [-0.39, 0.29) is 6.61 Å². The van der Waals surface area contributed by atoms with Crippen molar-refractivity contribution in [2.75, 3.05) is 19.8 Å². The second kappa shape index (κ2) is 23.0. The van der Waals surface area contributed by atoms with E-state index in [1.54, 1.807) is 12.1 Å². The highest BCUT2D eigenvalue weighted by molar-refractivity contribution is 7.47. The molecule has 0 aliphatic carbocycles. The Morgan fingerprint density at radius 3 is 1.44 bits per heavy atom. The maximum atomic E-state index is 11.9. The first-order valence-corrected chi connectivity index (χ1v) is 15.9. The van der Waals surface area contributed by atoms with Crippen LogP contribution in [0, 0.1) is 0 Å². The fourth-order valence-electron chi connectivity index (χ4n) is 4.08. The van der Waals surface area contributed by atoms with Crippen LogP contribution in [-0.4, -0.2) is 31.0 Å². The Kier molecular flexibility index (Phi) is 20.9. The second-order valence-electron chi connectivity index (χ2n) is 9.68. The van der Waals surface area contributed by atoms with E-state index in [4.69, 9.17) is 13.8 Å². The Morgan fingerprint density at radius 1 is 0.639 bits per heavy atom.